The molecule has 3 aromatic rings. The predicted molar refractivity (Wildman–Crippen MR) is 119 cm³/mol. The van der Waals surface area contributed by atoms with Crippen molar-refractivity contribution in [2.24, 2.45) is 0 Å². The van der Waals surface area contributed by atoms with E-state index in [-0.39, 0.29) is 39.3 Å². The minimum atomic E-state index is -5.13. The van der Waals surface area contributed by atoms with Crippen molar-refractivity contribution >= 4 is 28.4 Å². The molecule has 10 heteroatoms. The molecule has 5 nitrogen and oxygen atoms in total. The molecule has 33 heavy (non-hydrogen) atoms. The van der Waals surface area contributed by atoms with Gasteiger partial charge in [-0.2, -0.15) is 13.2 Å². The molecule has 0 amide bonds. The quantitative estimate of drug-likeness (QED) is 0.263. The average molecular weight is 484 g/mol. The number of para-hydroxylation sites is 1. The van der Waals surface area contributed by atoms with Gasteiger partial charge in [-0.15, -0.1) is 0 Å². The fourth-order valence-electron chi connectivity index (χ4n) is 3.67. The number of hydrogen-bond acceptors (Lipinski definition) is 5. The van der Waals surface area contributed by atoms with Crippen molar-refractivity contribution in [3.63, 3.8) is 0 Å². The zero-order valence-electron chi connectivity index (χ0n) is 18.3. The summed E-state index contributed by atoms with van der Waals surface area (Å²) in [6, 6.07) is 6.26. The number of methoxy groups -OCH3 is 1. The van der Waals surface area contributed by atoms with Crippen LogP contribution in [0.5, 0.6) is 5.75 Å². The largest absolute Gasteiger partial charge is 0.496 e. The molecule has 2 atom stereocenters. The molecule has 0 saturated carbocycles. The molecule has 1 aromatic heterocycles. The summed E-state index contributed by atoms with van der Waals surface area (Å²) in [6.07, 6.45) is -3.16. The lowest BCUT2D eigenvalue weighted by molar-refractivity contribution is -0.247. The van der Waals surface area contributed by atoms with Gasteiger partial charge in [0.2, 0.25) is 5.60 Å². The van der Waals surface area contributed by atoms with Gasteiger partial charge in [-0.25, -0.2) is 14.4 Å². The van der Waals surface area contributed by atoms with E-state index in [1.807, 2.05) is 0 Å². The maximum absolute atomic E-state index is 14.4. The van der Waals surface area contributed by atoms with Gasteiger partial charge in [0.15, 0.2) is 0 Å². The summed E-state index contributed by atoms with van der Waals surface area (Å²) >= 11 is 6.59. The number of allylic oxidation sites excluding steroid dienone is 1. The molecule has 3 rings (SSSR count). The molecule has 2 aromatic carbocycles. The first-order chi connectivity index (χ1) is 15.4. The van der Waals surface area contributed by atoms with Gasteiger partial charge in [0.05, 0.1) is 12.8 Å². The Balaban J connectivity index is 2.37. The summed E-state index contributed by atoms with van der Waals surface area (Å²) < 4.78 is 63.8. The molecule has 0 aliphatic rings. The molecule has 0 fully saturated rings. The van der Waals surface area contributed by atoms with Crippen LogP contribution < -0.4 is 9.16 Å². The van der Waals surface area contributed by atoms with Crippen LogP contribution in [0.2, 0.25) is 0 Å². The van der Waals surface area contributed by atoms with Crippen molar-refractivity contribution in [1.29, 1.82) is 0 Å². The molecule has 1 N–H and O–H groups in total. The van der Waals surface area contributed by atoms with Crippen LogP contribution in [0, 0.1) is 12.7 Å². The van der Waals surface area contributed by atoms with Crippen LogP contribution in [0.1, 0.15) is 31.3 Å². The van der Waals surface area contributed by atoms with Crippen LogP contribution in [0.4, 0.5) is 23.2 Å². The number of halogens is 5. The van der Waals surface area contributed by atoms with Gasteiger partial charge in [-0.05, 0) is 45.0 Å². The summed E-state index contributed by atoms with van der Waals surface area (Å²) in [6.45, 7) is 4.41. The van der Waals surface area contributed by atoms with E-state index in [1.165, 1.54) is 51.4 Å². The zero-order chi connectivity index (χ0) is 24.6. The van der Waals surface area contributed by atoms with Gasteiger partial charge in [0, 0.05) is 28.9 Å². The highest BCUT2D eigenvalue weighted by Gasteiger charge is 2.60. The summed E-state index contributed by atoms with van der Waals surface area (Å²) in [5.41, 5.74) is -3.38. The standard InChI is InChI=1S/C23H22ClF4N3O2/c1-13(2)11-22(32,23(26,27)28)21(15-7-5-6-8-19(15)33-4)31(24)18-10-9-17(25)20-16(18)12-29-14(3)30-20/h5-12,21,32H,1-4H3. The maximum atomic E-state index is 14.4. The SMILES string of the molecule is COc1ccccc1C(N(Cl)c1ccc(F)c2nc(C)ncc12)C(O)(C=C(C)C)C(F)(F)F. The minimum absolute atomic E-state index is 0.0196. The molecule has 2 unspecified atom stereocenters. The number of ether oxygens (including phenoxy) is 1. The van der Waals surface area contributed by atoms with Gasteiger partial charge in [0.1, 0.15) is 28.9 Å². The molecule has 0 aliphatic heterocycles. The summed E-state index contributed by atoms with van der Waals surface area (Å²) in [4.78, 5) is 8.08. The van der Waals surface area contributed by atoms with Crippen molar-refractivity contribution in [3.8, 4) is 5.75 Å². The van der Waals surface area contributed by atoms with Crippen molar-refractivity contribution in [2.45, 2.75) is 38.6 Å². The molecular weight excluding hydrogens is 462 g/mol. The highest BCUT2D eigenvalue weighted by atomic mass is 35.5. The average Bonchev–Trinajstić information content (AvgIpc) is 2.73. The zero-order valence-corrected chi connectivity index (χ0v) is 19.0. The second-order valence-corrected chi connectivity index (χ2v) is 8.11. The Bertz CT molecular complexity index is 1200. The van der Waals surface area contributed by atoms with Gasteiger partial charge >= 0.3 is 6.18 Å². The Morgan fingerprint density at radius 2 is 1.85 bits per heavy atom. The fourth-order valence-corrected chi connectivity index (χ4v) is 4.07. The molecule has 1 heterocycles. The number of hydrogen-bond donors (Lipinski definition) is 1. The monoisotopic (exact) mass is 483 g/mol. The normalized spacial score (nSPS) is 14.5. The Labute approximate surface area is 193 Å². The van der Waals surface area contributed by atoms with E-state index in [0.29, 0.717) is 6.08 Å². The molecule has 0 radical (unpaired) electrons. The van der Waals surface area contributed by atoms with E-state index in [4.69, 9.17) is 16.5 Å². The Morgan fingerprint density at radius 1 is 1.18 bits per heavy atom. The first-order valence-electron chi connectivity index (χ1n) is 9.85. The van der Waals surface area contributed by atoms with Crippen LogP contribution in [-0.4, -0.2) is 34.0 Å². The summed E-state index contributed by atoms with van der Waals surface area (Å²) in [7, 11) is 1.30. The highest BCUT2D eigenvalue weighted by Crippen LogP contribution is 2.50. The first-order valence-corrected chi connectivity index (χ1v) is 10.2. The third-order valence-electron chi connectivity index (χ3n) is 5.07. The second-order valence-electron chi connectivity index (χ2n) is 7.75. The number of nitrogens with zero attached hydrogens (tertiary/aromatic N) is 3. The van der Waals surface area contributed by atoms with E-state index < -0.39 is 23.6 Å². The van der Waals surface area contributed by atoms with Crippen LogP contribution in [0.25, 0.3) is 10.9 Å². The predicted octanol–water partition coefficient (Wildman–Crippen LogP) is 6.05. The molecule has 0 bridgehead atoms. The molecular formula is C23H22ClF4N3O2. The molecule has 0 saturated heterocycles. The van der Waals surface area contributed by atoms with Gasteiger partial charge in [0.25, 0.3) is 0 Å². The van der Waals surface area contributed by atoms with Gasteiger partial charge in [-0.1, -0.05) is 23.8 Å². The number of benzene rings is 2. The van der Waals surface area contributed by atoms with Crippen LogP contribution >= 0.6 is 11.8 Å². The lowest BCUT2D eigenvalue weighted by Crippen LogP contribution is -2.53. The van der Waals surface area contributed by atoms with Crippen molar-refractivity contribution in [2.75, 3.05) is 11.5 Å². The first kappa shape index (κ1) is 24.7. The van der Waals surface area contributed by atoms with Crippen molar-refractivity contribution in [1.82, 2.24) is 9.97 Å². The topological polar surface area (TPSA) is 58.5 Å². The van der Waals surface area contributed by atoms with Crippen LogP contribution in [0.15, 0.2) is 54.2 Å². The van der Waals surface area contributed by atoms with E-state index in [9.17, 15) is 22.7 Å². The van der Waals surface area contributed by atoms with Crippen molar-refractivity contribution in [3.05, 3.63) is 71.4 Å². The number of aromatic nitrogens is 2. The lowest BCUT2D eigenvalue weighted by atomic mass is 9.85. The van der Waals surface area contributed by atoms with Crippen LogP contribution in [-0.2, 0) is 0 Å². The summed E-state index contributed by atoms with van der Waals surface area (Å²) in [5.74, 6) is -0.331. The number of alkyl halides is 3. The smallest absolute Gasteiger partial charge is 0.423 e. The fraction of sp³-hybridized carbons (Fsp3) is 0.304. The van der Waals surface area contributed by atoms with E-state index in [2.05, 4.69) is 9.97 Å². The molecule has 0 aliphatic carbocycles. The Hall–Kier alpha value is -2.91. The number of aliphatic hydroxyl groups is 1. The van der Waals surface area contributed by atoms with Gasteiger partial charge in [-0.3, -0.25) is 4.42 Å². The molecule has 176 valence electrons. The number of aryl methyl sites for hydroxylation is 1. The van der Waals surface area contributed by atoms with E-state index in [1.54, 1.807) is 13.0 Å². The number of anilines is 1. The Morgan fingerprint density at radius 3 is 2.45 bits per heavy atom. The maximum Gasteiger partial charge on any atom is 0.423 e. The van der Waals surface area contributed by atoms with E-state index in [0.717, 1.165) is 10.5 Å². The third-order valence-corrected chi connectivity index (χ3v) is 5.45. The summed E-state index contributed by atoms with van der Waals surface area (Å²) in [5, 5.41) is 11.2. The van der Waals surface area contributed by atoms with E-state index >= 15 is 0 Å². The lowest BCUT2D eigenvalue weighted by Gasteiger charge is -2.41. The van der Waals surface area contributed by atoms with Crippen LogP contribution in [0.3, 0.4) is 0 Å². The Kier molecular flexibility index (Phi) is 6.85. The highest BCUT2D eigenvalue weighted by molar-refractivity contribution is 6.28. The van der Waals surface area contributed by atoms with Gasteiger partial charge < -0.3 is 9.84 Å². The second kappa shape index (κ2) is 9.15. The van der Waals surface area contributed by atoms with Crippen molar-refractivity contribution < 1.29 is 27.4 Å². The number of fused-ring (bicyclic) bond motifs is 1. The third kappa shape index (κ3) is 4.60. The number of rotatable bonds is 6. The minimum Gasteiger partial charge on any atom is -0.496 e. The molecule has 0 spiro atoms.